The van der Waals surface area contributed by atoms with E-state index in [-0.39, 0.29) is 18.1 Å². The molecule has 0 atom stereocenters. The van der Waals surface area contributed by atoms with Crippen LogP contribution in [0, 0.1) is 6.92 Å². The van der Waals surface area contributed by atoms with Crippen LogP contribution in [0.25, 0.3) is 22.0 Å². The molecule has 2 aromatic carbocycles. The van der Waals surface area contributed by atoms with Crippen molar-refractivity contribution in [1.29, 1.82) is 0 Å². The quantitative estimate of drug-likeness (QED) is 0.470. The molecule has 2 N–H and O–H groups in total. The Morgan fingerprint density at radius 3 is 2.91 bits per heavy atom. The largest absolute Gasteiger partial charge is 0.487 e. The standard InChI is InChI=1S/C24H23N3O5/c1-13-10-20(29)31-22-14-8-9-24(2,3)32-17(14)11-18(21(13)22)30-12-19(28)27-23-25-15-6-4-5-7-16(15)26-23/h4-7,10-11H,8-9,12H2,1-3H3,(H2,25,26,27,28). The number of benzene rings is 2. The van der Waals surface area contributed by atoms with Crippen LogP contribution >= 0.6 is 0 Å². The summed E-state index contributed by atoms with van der Waals surface area (Å²) in [6, 6.07) is 10.7. The normalized spacial score (nSPS) is 14.7. The molecule has 0 spiro atoms. The fraction of sp³-hybridized carbons (Fsp3) is 0.292. The molecule has 0 unspecified atom stereocenters. The number of H-pyrrole nitrogens is 1. The predicted molar refractivity (Wildman–Crippen MR) is 120 cm³/mol. The SMILES string of the molecule is Cc1cc(=O)oc2c3c(cc(OCC(=O)Nc4nc5ccccc5[nH]4)c12)OC(C)(C)CC3. The van der Waals surface area contributed by atoms with Crippen molar-refractivity contribution in [2.45, 2.75) is 39.2 Å². The van der Waals surface area contributed by atoms with Gasteiger partial charge in [0, 0.05) is 17.7 Å². The highest BCUT2D eigenvalue weighted by Gasteiger charge is 2.30. The Balaban J connectivity index is 1.44. The van der Waals surface area contributed by atoms with Gasteiger partial charge in [0.2, 0.25) is 5.95 Å². The number of amides is 1. The van der Waals surface area contributed by atoms with Crippen LogP contribution in [0.15, 0.2) is 45.6 Å². The predicted octanol–water partition coefficient (Wildman–Crippen LogP) is 4.10. The van der Waals surface area contributed by atoms with Crippen molar-refractivity contribution in [3.63, 3.8) is 0 Å². The number of nitrogens with one attached hydrogen (secondary N) is 2. The molecule has 4 aromatic rings. The maximum absolute atomic E-state index is 12.5. The van der Waals surface area contributed by atoms with Crippen LogP contribution < -0.4 is 20.4 Å². The van der Waals surface area contributed by atoms with Gasteiger partial charge in [-0.25, -0.2) is 9.78 Å². The Kier molecular flexibility index (Phi) is 4.65. The van der Waals surface area contributed by atoms with Crippen LogP contribution in [0.2, 0.25) is 0 Å². The van der Waals surface area contributed by atoms with Crippen LogP contribution in [-0.2, 0) is 11.2 Å². The molecular formula is C24H23N3O5. The molecule has 0 aliphatic carbocycles. The van der Waals surface area contributed by atoms with Gasteiger partial charge in [-0.05, 0) is 51.3 Å². The maximum atomic E-state index is 12.5. The summed E-state index contributed by atoms with van der Waals surface area (Å²) in [5.41, 5.74) is 2.83. The number of fused-ring (bicyclic) bond motifs is 4. The Hall–Kier alpha value is -3.81. The number of carbonyl (C=O) groups is 1. The first-order valence-corrected chi connectivity index (χ1v) is 10.5. The van der Waals surface area contributed by atoms with E-state index in [4.69, 9.17) is 13.9 Å². The average molecular weight is 433 g/mol. The summed E-state index contributed by atoms with van der Waals surface area (Å²) in [7, 11) is 0. The summed E-state index contributed by atoms with van der Waals surface area (Å²) in [6.07, 6.45) is 1.52. The topological polar surface area (TPSA) is 106 Å². The van der Waals surface area contributed by atoms with Gasteiger partial charge in [-0.3, -0.25) is 10.1 Å². The smallest absolute Gasteiger partial charge is 0.336 e. The zero-order valence-electron chi connectivity index (χ0n) is 18.1. The number of ether oxygens (including phenoxy) is 2. The number of aryl methyl sites for hydroxylation is 2. The van der Waals surface area contributed by atoms with Crippen LogP contribution in [-0.4, -0.2) is 28.1 Å². The monoisotopic (exact) mass is 433 g/mol. The van der Waals surface area contributed by atoms with Gasteiger partial charge >= 0.3 is 5.63 Å². The summed E-state index contributed by atoms with van der Waals surface area (Å²) >= 11 is 0. The summed E-state index contributed by atoms with van der Waals surface area (Å²) in [5, 5.41) is 3.38. The lowest BCUT2D eigenvalue weighted by Crippen LogP contribution is -2.32. The Labute approximate surface area is 183 Å². The molecule has 5 rings (SSSR count). The number of rotatable bonds is 4. The second kappa shape index (κ2) is 7.40. The van der Waals surface area contributed by atoms with Crippen molar-refractivity contribution in [3.05, 3.63) is 57.9 Å². The van der Waals surface area contributed by atoms with Crippen LogP contribution in [0.5, 0.6) is 11.5 Å². The minimum atomic E-state index is -0.429. The molecule has 1 amide bonds. The van der Waals surface area contributed by atoms with Crippen LogP contribution in [0.1, 0.15) is 31.4 Å². The molecule has 8 nitrogen and oxygen atoms in total. The minimum absolute atomic E-state index is 0.243. The van der Waals surface area contributed by atoms with E-state index in [1.165, 1.54) is 6.07 Å². The minimum Gasteiger partial charge on any atom is -0.487 e. The van der Waals surface area contributed by atoms with Gasteiger partial charge in [-0.1, -0.05) is 12.1 Å². The van der Waals surface area contributed by atoms with E-state index in [1.807, 2.05) is 45.0 Å². The van der Waals surface area contributed by atoms with Gasteiger partial charge in [-0.2, -0.15) is 0 Å². The van der Waals surface area contributed by atoms with Crippen molar-refractivity contribution in [1.82, 2.24) is 9.97 Å². The zero-order chi connectivity index (χ0) is 22.5. The third-order valence-corrected chi connectivity index (χ3v) is 5.61. The second-order valence-corrected chi connectivity index (χ2v) is 8.61. The molecule has 2 aromatic heterocycles. The lowest BCUT2D eigenvalue weighted by molar-refractivity contribution is -0.118. The average Bonchev–Trinajstić information content (AvgIpc) is 3.12. The van der Waals surface area contributed by atoms with E-state index < -0.39 is 5.63 Å². The second-order valence-electron chi connectivity index (χ2n) is 8.61. The van der Waals surface area contributed by atoms with Gasteiger partial charge in [0.15, 0.2) is 6.61 Å². The summed E-state index contributed by atoms with van der Waals surface area (Å²) in [5.74, 6) is 1.02. The molecule has 0 saturated heterocycles. The van der Waals surface area contributed by atoms with Crippen LogP contribution in [0.3, 0.4) is 0 Å². The third-order valence-electron chi connectivity index (χ3n) is 5.61. The van der Waals surface area contributed by atoms with Crippen molar-refractivity contribution >= 4 is 33.9 Å². The molecule has 32 heavy (non-hydrogen) atoms. The van der Waals surface area contributed by atoms with E-state index >= 15 is 0 Å². The van der Waals surface area contributed by atoms with Gasteiger partial charge in [0.25, 0.3) is 5.91 Å². The Morgan fingerprint density at radius 1 is 1.28 bits per heavy atom. The fourth-order valence-corrected chi connectivity index (χ4v) is 4.06. The molecule has 3 heterocycles. The summed E-state index contributed by atoms with van der Waals surface area (Å²) in [4.78, 5) is 32.0. The first kappa shape index (κ1) is 20.1. The van der Waals surface area contributed by atoms with Crippen molar-refractivity contribution in [3.8, 4) is 11.5 Å². The van der Waals surface area contributed by atoms with Crippen molar-refractivity contribution < 1.29 is 18.7 Å². The molecule has 0 saturated carbocycles. The molecular weight excluding hydrogens is 410 g/mol. The van der Waals surface area contributed by atoms with Gasteiger partial charge in [0.1, 0.15) is 22.7 Å². The highest BCUT2D eigenvalue weighted by molar-refractivity contribution is 5.94. The van der Waals surface area contributed by atoms with E-state index in [0.717, 1.165) is 35.0 Å². The fourth-order valence-electron chi connectivity index (χ4n) is 4.06. The Bertz CT molecular complexity index is 1380. The van der Waals surface area contributed by atoms with E-state index in [0.29, 0.717) is 28.4 Å². The lowest BCUT2D eigenvalue weighted by Gasteiger charge is -2.33. The lowest BCUT2D eigenvalue weighted by atomic mass is 9.92. The number of carbonyl (C=O) groups excluding carboxylic acids is 1. The number of para-hydroxylation sites is 2. The number of nitrogens with zero attached hydrogens (tertiary/aromatic N) is 1. The number of aromatic nitrogens is 2. The van der Waals surface area contributed by atoms with Crippen LogP contribution in [0.4, 0.5) is 5.95 Å². The van der Waals surface area contributed by atoms with Crippen molar-refractivity contribution in [2.75, 3.05) is 11.9 Å². The summed E-state index contributed by atoms with van der Waals surface area (Å²) in [6.45, 7) is 5.59. The molecule has 8 heteroatoms. The maximum Gasteiger partial charge on any atom is 0.336 e. The number of imidazole rings is 1. The molecule has 0 radical (unpaired) electrons. The Morgan fingerprint density at radius 2 is 2.09 bits per heavy atom. The highest BCUT2D eigenvalue weighted by atomic mass is 16.5. The van der Waals surface area contributed by atoms with Gasteiger partial charge < -0.3 is 18.9 Å². The zero-order valence-corrected chi connectivity index (χ0v) is 18.1. The highest BCUT2D eigenvalue weighted by Crippen LogP contribution is 2.42. The molecule has 1 aliphatic heterocycles. The third kappa shape index (κ3) is 3.68. The van der Waals surface area contributed by atoms with Gasteiger partial charge in [-0.15, -0.1) is 0 Å². The number of aromatic amines is 1. The molecule has 1 aliphatic rings. The van der Waals surface area contributed by atoms with E-state index in [2.05, 4.69) is 15.3 Å². The molecule has 164 valence electrons. The van der Waals surface area contributed by atoms with E-state index in [9.17, 15) is 9.59 Å². The van der Waals surface area contributed by atoms with Crippen molar-refractivity contribution in [2.24, 2.45) is 0 Å². The number of hydrogen-bond acceptors (Lipinski definition) is 6. The summed E-state index contributed by atoms with van der Waals surface area (Å²) < 4.78 is 17.6. The first-order valence-electron chi connectivity index (χ1n) is 10.5. The molecule has 0 fully saturated rings. The number of anilines is 1. The number of hydrogen-bond donors (Lipinski definition) is 2. The van der Waals surface area contributed by atoms with E-state index in [1.54, 1.807) is 6.07 Å². The van der Waals surface area contributed by atoms with Gasteiger partial charge in [0.05, 0.1) is 16.4 Å². The first-order chi connectivity index (χ1) is 15.3. The molecule has 0 bridgehead atoms.